The highest BCUT2D eigenvalue weighted by Gasteiger charge is 2.16. The van der Waals surface area contributed by atoms with Gasteiger partial charge in [0.1, 0.15) is 0 Å². The molecule has 8 aromatic rings. The van der Waals surface area contributed by atoms with E-state index in [0.717, 1.165) is 22.7 Å². The minimum atomic E-state index is 1.12. The van der Waals surface area contributed by atoms with Gasteiger partial charge in [0.2, 0.25) is 0 Å². The SMILES string of the molecule is CN(c1ccc(N(c2ccc3ccccc3c2)c2ccc3ccccc3c2)cc1)c1cc2ccccc2c2ccccc12. The summed E-state index contributed by atoms with van der Waals surface area (Å²) in [6.45, 7) is 0. The summed E-state index contributed by atoms with van der Waals surface area (Å²) in [5, 5.41) is 9.99. The standard InChI is InChI=1S/C41H30N2/c1-42(41-28-33-14-6-7-15-38(33)39-16-8-9-17-40(39)41)34-22-24-35(25-23-34)43(36-20-18-29-10-2-4-12-31(29)26-36)37-21-19-30-11-3-5-13-32(30)27-37/h2-28H,1H3. The highest BCUT2D eigenvalue weighted by atomic mass is 15.1. The first-order chi connectivity index (χ1) is 21.2. The first-order valence-corrected chi connectivity index (χ1v) is 14.7. The van der Waals surface area contributed by atoms with Gasteiger partial charge in [0, 0.05) is 40.9 Å². The lowest BCUT2D eigenvalue weighted by Gasteiger charge is -2.27. The van der Waals surface area contributed by atoms with Gasteiger partial charge in [-0.25, -0.2) is 0 Å². The van der Waals surface area contributed by atoms with Gasteiger partial charge in [-0.05, 0) is 92.3 Å². The predicted molar refractivity (Wildman–Crippen MR) is 186 cm³/mol. The molecule has 0 saturated heterocycles. The van der Waals surface area contributed by atoms with E-state index in [4.69, 9.17) is 0 Å². The second-order valence-electron chi connectivity index (χ2n) is 11.1. The maximum absolute atomic E-state index is 2.36. The van der Waals surface area contributed by atoms with Gasteiger partial charge in [-0.15, -0.1) is 0 Å². The molecule has 0 aliphatic carbocycles. The van der Waals surface area contributed by atoms with E-state index in [0.29, 0.717) is 0 Å². The Labute approximate surface area is 251 Å². The Hall–Kier alpha value is -5.60. The largest absolute Gasteiger partial charge is 0.344 e. The topological polar surface area (TPSA) is 6.48 Å². The molecule has 0 aromatic heterocycles. The zero-order valence-corrected chi connectivity index (χ0v) is 24.0. The summed E-state index contributed by atoms with van der Waals surface area (Å²) >= 11 is 0. The lowest BCUT2D eigenvalue weighted by molar-refractivity contribution is 1.22. The van der Waals surface area contributed by atoms with Crippen molar-refractivity contribution in [3.8, 4) is 0 Å². The van der Waals surface area contributed by atoms with Crippen molar-refractivity contribution in [3.63, 3.8) is 0 Å². The third kappa shape index (κ3) is 4.45. The van der Waals surface area contributed by atoms with Crippen LogP contribution in [0.5, 0.6) is 0 Å². The average Bonchev–Trinajstić information content (AvgIpc) is 3.08. The van der Waals surface area contributed by atoms with Gasteiger partial charge >= 0.3 is 0 Å². The van der Waals surface area contributed by atoms with Crippen LogP contribution < -0.4 is 9.80 Å². The number of benzene rings is 8. The lowest BCUT2D eigenvalue weighted by Crippen LogP contribution is -2.12. The minimum Gasteiger partial charge on any atom is -0.344 e. The van der Waals surface area contributed by atoms with E-state index in [1.807, 2.05) is 0 Å². The molecule has 8 aromatic carbocycles. The fourth-order valence-corrected chi connectivity index (χ4v) is 6.36. The van der Waals surface area contributed by atoms with Crippen LogP contribution in [0.1, 0.15) is 0 Å². The van der Waals surface area contributed by atoms with Crippen molar-refractivity contribution in [2.45, 2.75) is 0 Å². The third-order valence-electron chi connectivity index (χ3n) is 8.59. The van der Waals surface area contributed by atoms with Crippen molar-refractivity contribution in [3.05, 3.63) is 164 Å². The molecule has 0 saturated carbocycles. The third-order valence-corrected chi connectivity index (χ3v) is 8.59. The van der Waals surface area contributed by atoms with E-state index < -0.39 is 0 Å². The molecule has 0 radical (unpaired) electrons. The molecule has 0 heterocycles. The first kappa shape index (κ1) is 25.1. The van der Waals surface area contributed by atoms with E-state index in [2.05, 4.69) is 181 Å². The molecular weight excluding hydrogens is 520 g/mol. The van der Waals surface area contributed by atoms with Crippen molar-refractivity contribution in [2.24, 2.45) is 0 Å². The Morgan fingerprint density at radius 2 is 0.767 bits per heavy atom. The number of rotatable bonds is 5. The van der Waals surface area contributed by atoms with E-state index >= 15 is 0 Å². The Morgan fingerprint density at radius 3 is 1.37 bits per heavy atom. The summed E-state index contributed by atoms with van der Waals surface area (Å²) in [4.78, 5) is 4.66. The van der Waals surface area contributed by atoms with Crippen LogP contribution in [0.3, 0.4) is 0 Å². The van der Waals surface area contributed by atoms with E-state index in [-0.39, 0.29) is 0 Å². The normalized spacial score (nSPS) is 11.4. The van der Waals surface area contributed by atoms with Crippen LogP contribution in [0, 0.1) is 0 Å². The maximum Gasteiger partial charge on any atom is 0.0494 e. The zero-order valence-electron chi connectivity index (χ0n) is 24.0. The molecule has 0 amide bonds. The second kappa shape index (κ2) is 10.3. The molecule has 0 fully saturated rings. The van der Waals surface area contributed by atoms with Gasteiger partial charge in [0.05, 0.1) is 0 Å². The molecule has 0 N–H and O–H groups in total. The lowest BCUT2D eigenvalue weighted by atomic mass is 9.99. The van der Waals surface area contributed by atoms with Crippen molar-refractivity contribution in [1.82, 2.24) is 0 Å². The van der Waals surface area contributed by atoms with Crippen LogP contribution in [-0.4, -0.2) is 7.05 Å². The quantitative estimate of drug-likeness (QED) is 0.197. The van der Waals surface area contributed by atoms with Crippen LogP contribution >= 0.6 is 0 Å². The second-order valence-corrected chi connectivity index (χ2v) is 11.1. The summed E-state index contributed by atoms with van der Waals surface area (Å²) in [7, 11) is 2.16. The fourth-order valence-electron chi connectivity index (χ4n) is 6.36. The highest BCUT2D eigenvalue weighted by molar-refractivity contribution is 6.13. The van der Waals surface area contributed by atoms with Crippen LogP contribution in [0.4, 0.5) is 28.4 Å². The summed E-state index contributed by atoms with van der Waals surface area (Å²) in [6.07, 6.45) is 0. The molecule has 43 heavy (non-hydrogen) atoms. The van der Waals surface area contributed by atoms with Crippen molar-refractivity contribution in [1.29, 1.82) is 0 Å². The number of nitrogens with zero attached hydrogens (tertiary/aromatic N) is 2. The van der Waals surface area contributed by atoms with Crippen LogP contribution in [0.15, 0.2) is 164 Å². The Morgan fingerprint density at radius 1 is 0.326 bits per heavy atom. The molecule has 0 unspecified atom stereocenters. The molecular formula is C41H30N2. The smallest absolute Gasteiger partial charge is 0.0494 e. The fraction of sp³-hybridized carbons (Fsp3) is 0.0244. The summed E-state index contributed by atoms with van der Waals surface area (Å²) in [5.41, 5.74) is 5.72. The molecule has 2 heteroatoms. The van der Waals surface area contributed by atoms with Crippen molar-refractivity contribution < 1.29 is 0 Å². The summed E-state index contributed by atoms with van der Waals surface area (Å²) in [6, 6.07) is 59.1. The first-order valence-electron chi connectivity index (χ1n) is 14.7. The Kier molecular flexibility index (Phi) is 6.05. The van der Waals surface area contributed by atoms with Gasteiger partial charge < -0.3 is 9.80 Å². The van der Waals surface area contributed by atoms with Gasteiger partial charge in [0.25, 0.3) is 0 Å². The number of anilines is 5. The maximum atomic E-state index is 2.36. The van der Waals surface area contributed by atoms with E-state index in [1.54, 1.807) is 0 Å². The molecule has 0 bridgehead atoms. The number of hydrogen-bond donors (Lipinski definition) is 0. The van der Waals surface area contributed by atoms with E-state index in [9.17, 15) is 0 Å². The van der Waals surface area contributed by atoms with Gasteiger partial charge in [-0.3, -0.25) is 0 Å². The molecule has 8 rings (SSSR count). The average molecular weight is 551 g/mol. The van der Waals surface area contributed by atoms with Crippen LogP contribution in [0.25, 0.3) is 43.1 Å². The van der Waals surface area contributed by atoms with Crippen LogP contribution in [-0.2, 0) is 0 Å². The molecule has 2 nitrogen and oxygen atoms in total. The summed E-state index contributed by atoms with van der Waals surface area (Å²) in [5.74, 6) is 0. The molecule has 0 atom stereocenters. The molecule has 0 spiro atoms. The van der Waals surface area contributed by atoms with Crippen molar-refractivity contribution in [2.75, 3.05) is 16.8 Å². The van der Waals surface area contributed by atoms with Gasteiger partial charge in [0.15, 0.2) is 0 Å². The minimum absolute atomic E-state index is 1.12. The van der Waals surface area contributed by atoms with Gasteiger partial charge in [-0.1, -0.05) is 109 Å². The number of hydrogen-bond acceptors (Lipinski definition) is 2. The number of fused-ring (bicyclic) bond motifs is 5. The monoisotopic (exact) mass is 550 g/mol. The van der Waals surface area contributed by atoms with Gasteiger partial charge in [-0.2, -0.15) is 0 Å². The molecule has 204 valence electrons. The summed E-state index contributed by atoms with van der Waals surface area (Å²) < 4.78 is 0. The highest BCUT2D eigenvalue weighted by Crippen LogP contribution is 2.40. The zero-order chi connectivity index (χ0) is 28.8. The Bertz CT molecular complexity index is 2190. The van der Waals surface area contributed by atoms with Crippen molar-refractivity contribution >= 4 is 71.5 Å². The molecule has 0 aliphatic heterocycles. The van der Waals surface area contributed by atoms with Crippen LogP contribution in [0.2, 0.25) is 0 Å². The predicted octanol–water partition coefficient (Wildman–Crippen LogP) is 11.5. The van der Waals surface area contributed by atoms with E-state index in [1.165, 1.54) is 48.8 Å². The Balaban J connectivity index is 1.23. The molecule has 0 aliphatic rings.